The second-order valence-electron chi connectivity index (χ2n) is 4.53. The minimum absolute atomic E-state index is 0.157. The number of carbonyl (C=O) groups excluding carboxylic acids is 2. The predicted octanol–water partition coefficient (Wildman–Crippen LogP) is 3.26. The van der Waals surface area contributed by atoms with Gasteiger partial charge in [-0.1, -0.05) is 29.3 Å². The summed E-state index contributed by atoms with van der Waals surface area (Å²) in [5.74, 6) is -0.0107. The van der Waals surface area contributed by atoms with Crippen LogP contribution >= 0.6 is 23.2 Å². The molecule has 0 atom stereocenters. The maximum absolute atomic E-state index is 12.0. The van der Waals surface area contributed by atoms with Gasteiger partial charge in [-0.05, 0) is 24.3 Å². The molecule has 1 heterocycles. The van der Waals surface area contributed by atoms with E-state index in [-0.39, 0.29) is 29.9 Å². The topological polar surface area (TPSA) is 62.6 Å². The number of hydrogen-bond acceptors (Lipinski definition) is 3. The molecule has 2 rings (SSSR count). The molecule has 0 aliphatic heterocycles. The maximum Gasteiger partial charge on any atom is 0.240 e. The van der Waals surface area contributed by atoms with Gasteiger partial charge in [-0.3, -0.25) is 9.59 Å². The van der Waals surface area contributed by atoms with Crippen LogP contribution in [0.4, 0.5) is 5.69 Å². The summed E-state index contributed by atoms with van der Waals surface area (Å²) in [5, 5.41) is 3.23. The first-order valence-corrected chi connectivity index (χ1v) is 7.26. The van der Waals surface area contributed by atoms with Gasteiger partial charge in [0.1, 0.15) is 12.3 Å². The first kappa shape index (κ1) is 16.4. The minimum Gasteiger partial charge on any atom is -0.467 e. The average molecular weight is 341 g/mol. The highest BCUT2D eigenvalue weighted by molar-refractivity contribution is 6.44. The Labute approximate surface area is 137 Å². The molecule has 2 aromatic rings. The summed E-state index contributed by atoms with van der Waals surface area (Å²) in [6, 6.07) is 8.39. The zero-order chi connectivity index (χ0) is 16.1. The molecule has 0 aliphatic rings. The van der Waals surface area contributed by atoms with E-state index >= 15 is 0 Å². The third-order valence-corrected chi connectivity index (χ3v) is 3.75. The molecule has 0 saturated heterocycles. The largest absolute Gasteiger partial charge is 0.467 e. The molecule has 0 saturated carbocycles. The average Bonchev–Trinajstić information content (AvgIpc) is 2.99. The maximum atomic E-state index is 12.0. The highest BCUT2D eigenvalue weighted by atomic mass is 35.5. The van der Waals surface area contributed by atoms with E-state index in [1.807, 2.05) is 0 Å². The SMILES string of the molecule is CC(=O)N(CC(=O)NCc1ccco1)c1cccc(Cl)c1Cl. The van der Waals surface area contributed by atoms with E-state index in [1.165, 1.54) is 18.1 Å². The standard InChI is InChI=1S/C15H14Cl2N2O3/c1-10(20)19(13-6-2-5-12(16)15(13)17)9-14(21)18-8-11-4-3-7-22-11/h2-7H,8-9H2,1H3,(H,18,21). The fourth-order valence-electron chi connectivity index (χ4n) is 1.87. The molecule has 22 heavy (non-hydrogen) atoms. The lowest BCUT2D eigenvalue weighted by molar-refractivity contribution is -0.123. The number of furan rings is 1. The smallest absolute Gasteiger partial charge is 0.240 e. The zero-order valence-corrected chi connectivity index (χ0v) is 13.3. The Morgan fingerprint density at radius 1 is 1.23 bits per heavy atom. The normalized spacial score (nSPS) is 10.3. The van der Waals surface area contributed by atoms with Crippen molar-refractivity contribution in [3.8, 4) is 0 Å². The summed E-state index contributed by atoms with van der Waals surface area (Å²) in [4.78, 5) is 25.1. The summed E-state index contributed by atoms with van der Waals surface area (Å²) < 4.78 is 5.12. The Hall–Kier alpha value is -1.98. The van der Waals surface area contributed by atoms with Gasteiger partial charge in [0.2, 0.25) is 11.8 Å². The first-order chi connectivity index (χ1) is 10.5. The van der Waals surface area contributed by atoms with E-state index in [0.29, 0.717) is 16.5 Å². The number of halogens is 2. The Morgan fingerprint density at radius 2 is 2.00 bits per heavy atom. The van der Waals surface area contributed by atoms with E-state index in [2.05, 4.69) is 5.32 Å². The first-order valence-electron chi connectivity index (χ1n) is 6.50. The summed E-state index contributed by atoms with van der Waals surface area (Å²) in [6.45, 7) is 1.45. The number of nitrogens with one attached hydrogen (secondary N) is 1. The van der Waals surface area contributed by atoms with Gasteiger partial charge in [-0.25, -0.2) is 0 Å². The number of benzene rings is 1. The van der Waals surface area contributed by atoms with Crippen molar-refractivity contribution >= 4 is 40.7 Å². The number of carbonyl (C=O) groups is 2. The zero-order valence-electron chi connectivity index (χ0n) is 11.8. The van der Waals surface area contributed by atoms with Crippen molar-refractivity contribution in [2.45, 2.75) is 13.5 Å². The molecule has 0 aliphatic carbocycles. The van der Waals surface area contributed by atoms with Gasteiger partial charge >= 0.3 is 0 Å². The number of amides is 2. The highest BCUT2D eigenvalue weighted by Crippen LogP contribution is 2.32. The van der Waals surface area contributed by atoms with E-state index in [0.717, 1.165) is 0 Å². The third kappa shape index (κ3) is 4.02. The van der Waals surface area contributed by atoms with Crippen molar-refractivity contribution in [1.29, 1.82) is 0 Å². The van der Waals surface area contributed by atoms with Crippen LogP contribution in [0.1, 0.15) is 12.7 Å². The molecule has 7 heteroatoms. The molecule has 0 radical (unpaired) electrons. The lowest BCUT2D eigenvalue weighted by Crippen LogP contribution is -2.39. The molecule has 0 bridgehead atoms. The van der Waals surface area contributed by atoms with Gasteiger partial charge in [0.05, 0.1) is 28.5 Å². The summed E-state index contributed by atoms with van der Waals surface area (Å²) in [5.41, 5.74) is 0.398. The van der Waals surface area contributed by atoms with E-state index < -0.39 is 0 Å². The van der Waals surface area contributed by atoms with Crippen molar-refractivity contribution in [3.63, 3.8) is 0 Å². The predicted molar refractivity (Wildman–Crippen MR) is 85.0 cm³/mol. The fraction of sp³-hybridized carbons (Fsp3) is 0.200. The molecule has 0 unspecified atom stereocenters. The number of rotatable bonds is 5. The van der Waals surface area contributed by atoms with Crippen molar-refractivity contribution in [2.24, 2.45) is 0 Å². The molecular formula is C15H14Cl2N2O3. The summed E-state index contributed by atoms with van der Waals surface area (Å²) in [6.07, 6.45) is 1.52. The van der Waals surface area contributed by atoms with Gasteiger partial charge in [-0.2, -0.15) is 0 Å². The molecule has 5 nitrogen and oxygen atoms in total. The Bertz CT molecular complexity index is 671. The van der Waals surface area contributed by atoms with Gasteiger partial charge < -0.3 is 14.6 Å². The molecule has 0 spiro atoms. The quantitative estimate of drug-likeness (QED) is 0.908. The van der Waals surface area contributed by atoms with Crippen LogP contribution in [0.25, 0.3) is 0 Å². The second-order valence-corrected chi connectivity index (χ2v) is 5.32. The second kappa shape index (κ2) is 7.33. The number of nitrogens with zero attached hydrogens (tertiary/aromatic N) is 1. The van der Waals surface area contributed by atoms with Crippen LogP contribution in [0.2, 0.25) is 10.0 Å². The van der Waals surface area contributed by atoms with Crippen LogP contribution in [-0.2, 0) is 16.1 Å². The van der Waals surface area contributed by atoms with Crippen LogP contribution in [0, 0.1) is 0 Å². The molecule has 116 valence electrons. The van der Waals surface area contributed by atoms with Crippen molar-refractivity contribution in [3.05, 3.63) is 52.4 Å². The van der Waals surface area contributed by atoms with Crippen molar-refractivity contribution < 1.29 is 14.0 Å². The van der Waals surface area contributed by atoms with E-state index in [1.54, 1.807) is 30.3 Å². The molecular weight excluding hydrogens is 327 g/mol. The highest BCUT2D eigenvalue weighted by Gasteiger charge is 2.19. The molecule has 2 amide bonds. The van der Waals surface area contributed by atoms with Crippen LogP contribution in [0.3, 0.4) is 0 Å². The third-order valence-electron chi connectivity index (χ3n) is 2.94. The Balaban J connectivity index is 2.07. The van der Waals surface area contributed by atoms with Crippen molar-refractivity contribution in [2.75, 3.05) is 11.4 Å². The summed E-state index contributed by atoms with van der Waals surface area (Å²) >= 11 is 12.0. The molecule has 1 aromatic heterocycles. The number of hydrogen-bond donors (Lipinski definition) is 1. The molecule has 0 fully saturated rings. The lowest BCUT2D eigenvalue weighted by Gasteiger charge is -2.22. The van der Waals surface area contributed by atoms with E-state index in [4.69, 9.17) is 27.6 Å². The summed E-state index contributed by atoms with van der Waals surface area (Å²) in [7, 11) is 0. The minimum atomic E-state index is -0.331. The number of anilines is 1. The van der Waals surface area contributed by atoms with Crippen LogP contribution < -0.4 is 10.2 Å². The van der Waals surface area contributed by atoms with Gasteiger partial charge in [0.15, 0.2) is 0 Å². The lowest BCUT2D eigenvalue weighted by atomic mass is 10.2. The fourth-order valence-corrected chi connectivity index (χ4v) is 2.26. The molecule has 1 N–H and O–H groups in total. The Morgan fingerprint density at radius 3 is 2.64 bits per heavy atom. The van der Waals surface area contributed by atoms with Gasteiger partial charge in [0.25, 0.3) is 0 Å². The van der Waals surface area contributed by atoms with Crippen molar-refractivity contribution in [1.82, 2.24) is 5.32 Å². The van der Waals surface area contributed by atoms with Crippen LogP contribution in [0.5, 0.6) is 0 Å². The monoisotopic (exact) mass is 340 g/mol. The van der Waals surface area contributed by atoms with E-state index in [9.17, 15) is 9.59 Å². The Kier molecular flexibility index (Phi) is 5.46. The van der Waals surface area contributed by atoms with Gasteiger partial charge in [0, 0.05) is 6.92 Å². The van der Waals surface area contributed by atoms with Crippen LogP contribution in [-0.4, -0.2) is 18.4 Å². The molecule has 1 aromatic carbocycles. The van der Waals surface area contributed by atoms with Gasteiger partial charge in [-0.15, -0.1) is 0 Å². The van der Waals surface area contributed by atoms with Crippen LogP contribution in [0.15, 0.2) is 41.0 Å².